The number of benzene rings is 2. The number of rotatable bonds is 7. The third-order valence-electron chi connectivity index (χ3n) is 5.86. The van der Waals surface area contributed by atoms with Gasteiger partial charge < -0.3 is 16.0 Å². The van der Waals surface area contributed by atoms with E-state index < -0.39 is 38.7 Å². The molecule has 1 aliphatic heterocycles. The summed E-state index contributed by atoms with van der Waals surface area (Å²) in [6, 6.07) is 11.9. The zero-order valence-electron chi connectivity index (χ0n) is 20.3. The Balaban J connectivity index is 1.32. The second kappa shape index (κ2) is 11.2. The number of aromatic nitrogens is 1. The molecule has 0 radical (unpaired) electrons. The first-order valence-corrected chi connectivity index (χ1v) is 13.8. The van der Waals surface area contributed by atoms with Gasteiger partial charge in [-0.1, -0.05) is 23.7 Å². The number of hydrogen-bond acceptors (Lipinski definition) is 6. The van der Waals surface area contributed by atoms with Crippen LogP contribution in [0, 0.1) is 0 Å². The first-order valence-electron chi connectivity index (χ1n) is 11.5. The lowest BCUT2D eigenvalue weighted by molar-refractivity contribution is -0.137. The molecule has 4 rings (SSSR count). The van der Waals surface area contributed by atoms with Crippen molar-refractivity contribution in [3.8, 4) is 11.1 Å². The molecule has 39 heavy (non-hydrogen) atoms. The molecule has 206 valence electrons. The third-order valence-corrected chi connectivity index (χ3v) is 6.77. The summed E-state index contributed by atoms with van der Waals surface area (Å²) in [6.07, 6.45) is -1.88. The van der Waals surface area contributed by atoms with Gasteiger partial charge in [0, 0.05) is 35.6 Å². The van der Waals surface area contributed by atoms with Crippen LogP contribution < -0.4 is 20.7 Å². The van der Waals surface area contributed by atoms with Crippen LogP contribution in [0.5, 0.6) is 0 Å². The SMILES string of the molecule is CS(=O)(=O)Nc1ccc(-c2ccc(C(=O)N[C@H]3CN[C@@H](C(=O)Nc4ccc(Cl)c(C(F)(F)F)c4)C3)cc2)cn1. The van der Waals surface area contributed by atoms with Gasteiger partial charge in [0.15, 0.2) is 0 Å². The number of hydrogen-bond donors (Lipinski definition) is 4. The molecule has 1 aromatic heterocycles. The minimum absolute atomic E-state index is 0.0393. The fourth-order valence-electron chi connectivity index (χ4n) is 3.99. The normalized spacial score (nSPS) is 17.5. The Morgan fingerprint density at radius 1 is 1.05 bits per heavy atom. The molecule has 0 spiro atoms. The van der Waals surface area contributed by atoms with Crippen LogP contribution in [0.1, 0.15) is 22.3 Å². The molecule has 0 unspecified atom stereocenters. The number of carbonyl (C=O) groups excluding carboxylic acids is 2. The molecule has 2 heterocycles. The van der Waals surface area contributed by atoms with Crippen molar-refractivity contribution < 1.29 is 31.2 Å². The predicted molar refractivity (Wildman–Crippen MR) is 141 cm³/mol. The van der Waals surface area contributed by atoms with E-state index >= 15 is 0 Å². The fourth-order valence-corrected chi connectivity index (χ4v) is 4.72. The van der Waals surface area contributed by atoms with Gasteiger partial charge in [-0.15, -0.1) is 0 Å². The van der Waals surface area contributed by atoms with Gasteiger partial charge in [0.25, 0.3) is 5.91 Å². The molecule has 1 aliphatic rings. The van der Waals surface area contributed by atoms with Gasteiger partial charge in [0.05, 0.1) is 22.9 Å². The maximum absolute atomic E-state index is 13.1. The number of sulfonamides is 1. The Bertz CT molecular complexity index is 1480. The van der Waals surface area contributed by atoms with Crippen LogP contribution in [0.2, 0.25) is 5.02 Å². The number of pyridine rings is 1. The van der Waals surface area contributed by atoms with Crippen LogP contribution in [0.3, 0.4) is 0 Å². The minimum Gasteiger partial charge on any atom is -0.348 e. The molecule has 9 nitrogen and oxygen atoms in total. The Morgan fingerprint density at radius 3 is 2.36 bits per heavy atom. The molecule has 2 atom stereocenters. The minimum atomic E-state index is -4.66. The van der Waals surface area contributed by atoms with Crippen molar-refractivity contribution in [2.45, 2.75) is 24.7 Å². The summed E-state index contributed by atoms with van der Waals surface area (Å²) >= 11 is 5.62. The molecule has 0 aliphatic carbocycles. The van der Waals surface area contributed by atoms with E-state index in [0.717, 1.165) is 29.5 Å². The molecule has 1 saturated heterocycles. The molecule has 2 amide bonds. The van der Waals surface area contributed by atoms with Crippen molar-refractivity contribution in [1.82, 2.24) is 15.6 Å². The molecule has 3 aromatic rings. The summed E-state index contributed by atoms with van der Waals surface area (Å²) in [7, 11) is -3.44. The lowest BCUT2D eigenvalue weighted by atomic mass is 10.0. The van der Waals surface area contributed by atoms with Crippen LogP contribution in [0.15, 0.2) is 60.8 Å². The Hall–Kier alpha value is -3.68. The van der Waals surface area contributed by atoms with Gasteiger partial charge in [0.2, 0.25) is 15.9 Å². The van der Waals surface area contributed by atoms with E-state index in [1.54, 1.807) is 30.3 Å². The van der Waals surface area contributed by atoms with E-state index in [2.05, 4.69) is 25.7 Å². The highest BCUT2D eigenvalue weighted by molar-refractivity contribution is 7.92. The number of alkyl halides is 3. The molecular weight excluding hydrogens is 559 g/mol. The van der Waals surface area contributed by atoms with Crippen LogP contribution in [0.4, 0.5) is 24.7 Å². The number of carbonyl (C=O) groups is 2. The number of amides is 2. The topological polar surface area (TPSA) is 129 Å². The van der Waals surface area contributed by atoms with E-state index in [9.17, 15) is 31.2 Å². The Labute approximate surface area is 227 Å². The van der Waals surface area contributed by atoms with E-state index in [0.29, 0.717) is 12.1 Å². The number of anilines is 2. The molecule has 14 heteroatoms. The number of halogens is 4. The van der Waals surface area contributed by atoms with Crippen LogP contribution in [-0.4, -0.2) is 50.1 Å². The smallest absolute Gasteiger partial charge is 0.348 e. The van der Waals surface area contributed by atoms with E-state index in [1.807, 2.05) is 0 Å². The summed E-state index contributed by atoms with van der Waals surface area (Å²) in [6.45, 7) is 0.301. The quantitative estimate of drug-likeness (QED) is 0.335. The largest absolute Gasteiger partial charge is 0.417 e. The van der Waals surface area contributed by atoms with Crippen molar-refractivity contribution in [2.75, 3.05) is 22.8 Å². The molecular formula is C25H23ClF3N5O4S. The maximum Gasteiger partial charge on any atom is 0.417 e. The second-order valence-corrected chi connectivity index (χ2v) is 11.1. The Kier molecular flexibility index (Phi) is 8.14. The first kappa shape index (κ1) is 28.3. The molecule has 0 bridgehead atoms. The van der Waals surface area contributed by atoms with Crippen molar-refractivity contribution >= 4 is 44.9 Å². The zero-order chi connectivity index (χ0) is 28.4. The molecule has 2 aromatic carbocycles. The van der Waals surface area contributed by atoms with Gasteiger partial charge in [-0.3, -0.25) is 14.3 Å². The molecule has 0 saturated carbocycles. The summed E-state index contributed by atoms with van der Waals surface area (Å²) in [5.74, 6) is -0.695. The van der Waals surface area contributed by atoms with Crippen molar-refractivity contribution in [3.05, 3.63) is 76.9 Å². The summed E-state index contributed by atoms with van der Waals surface area (Å²) in [5.41, 5.74) is 0.783. The Morgan fingerprint density at radius 2 is 1.74 bits per heavy atom. The fraction of sp³-hybridized carbons (Fsp3) is 0.240. The molecule has 1 fully saturated rings. The van der Waals surface area contributed by atoms with Crippen molar-refractivity contribution in [3.63, 3.8) is 0 Å². The van der Waals surface area contributed by atoms with Gasteiger partial charge in [-0.25, -0.2) is 13.4 Å². The zero-order valence-corrected chi connectivity index (χ0v) is 21.9. The monoisotopic (exact) mass is 581 g/mol. The maximum atomic E-state index is 13.1. The van der Waals surface area contributed by atoms with Gasteiger partial charge in [-0.2, -0.15) is 13.2 Å². The highest BCUT2D eigenvalue weighted by Gasteiger charge is 2.34. The second-order valence-electron chi connectivity index (χ2n) is 8.93. The van der Waals surface area contributed by atoms with Crippen LogP contribution in [-0.2, 0) is 21.0 Å². The van der Waals surface area contributed by atoms with Gasteiger partial charge in [0.1, 0.15) is 5.82 Å². The highest BCUT2D eigenvalue weighted by Crippen LogP contribution is 2.36. The van der Waals surface area contributed by atoms with Crippen molar-refractivity contribution in [2.24, 2.45) is 0 Å². The lowest BCUT2D eigenvalue weighted by Gasteiger charge is -2.15. The third kappa shape index (κ3) is 7.46. The molecule has 4 N–H and O–H groups in total. The average Bonchev–Trinajstić information content (AvgIpc) is 3.33. The van der Waals surface area contributed by atoms with E-state index in [1.165, 1.54) is 18.3 Å². The van der Waals surface area contributed by atoms with Gasteiger partial charge in [-0.05, 0) is 54.4 Å². The summed E-state index contributed by atoms with van der Waals surface area (Å²) in [4.78, 5) is 29.4. The number of nitrogens with one attached hydrogen (secondary N) is 4. The number of nitrogens with zero attached hydrogens (tertiary/aromatic N) is 1. The standard InChI is InChI=1S/C25H23ClF3N5O4S/c1-39(37,38)34-22-9-6-16(12-31-22)14-2-4-15(5-3-14)23(35)33-18-11-21(30-13-18)24(36)32-17-7-8-20(26)19(10-17)25(27,28)29/h2-10,12,18,21,30H,11,13H2,1H3,(H,31,34)(H,32,36)(H,33,35)/t18-,21-/m1/s1. The summed E-state index contributed by atoms with van der Waals surface area (Å²) < 4.78 is 64.1. The van der Waals surface area contributed by atoms with Crippen molar-refractivity contribution in [1.29, 1.82) is 0 Å². The highest BCUT2D eigenvalue weighted by atomic mass is 35.5. The first-order chi connectivity index (χ1) is 18.3. The van der Waals surface area contributed by atoms with Crippen LogP contribution in [0.25, 0.3) is 11.1 Å². The average molecular weight is 582 g/mol. The lowest BCUT2D eigenvalue weighted by Crippen LogP contribution is -2.36. The predicted octanol–water partition coefficient (Wildman–Crippen LogP) is 3.89. The van der Waals surface area contributed by atoms with E-state index in [-0.39, 0.29) is 29.9 Å². The summed E-state index contributed by atoms with van der Waals surface area (Å²) in [5, 5.41) is 7.80. The van der Waals surface area contributed by atoms with Gasteiger partial charge >= 0.3 is 6.18 Å². The van der Waals surface area contributed by atoms with E-state index in [4.69, 9.17) is 11.6 Å². The van der Waals surface area contributed by atoms with Crippen LogP contribution >= 0.6 is 11.6 Å².